The molecule has 0 saturated heterocycles. The molecule has 3 aliphatic rings. The fourth-order valence-electron chi connectivity index (χ4n) is 2.17. The van der Waals surface area contributed by atoms with Crippen LogP contribution in [0, 0.1) is 18.9 Å². The predicted octanol–water partition coefficient (Wildman–Crippen LogP) is -1.88. The zero-order chi connectivity index (χ0) is 16.3. The molecule has 0 fully saturated rings. The SMILES string of the molecule is CC1=CC=C=C[CH]1.CN(CC1=C=C[CH-]C=C1)CC1=CC=CC=[C+]1.[Bi+2].[F-].[F-]. The Bertz CT molecular complexity index is 696. The third kappa shape index (κ3) is 11.0. The van der Waals surface area contributed by atoms with E-state index in [2.05, 4.69) is 48.6 Å². The molecule has 0 heterocycles. The van der Waals surface area contributed by atoms with Gasteiger partial charge in [0.15, 0.2) is 0 Å². The number of allylic oxidation sites excluding steroid dienone is 8. The van der Waals surface area contributed by atoms with Crippen molar-refractivity contribution in [2.24, 2.45) is 0 Å². The van der Waals surface area contributed by atoms with Crippen LogP contribution < -0.4 is 9.41 Å². The van der Waals surface area contributed by atoms with Crippen LogP contribution in [0.5, 0.6) is 0 Å². The zero-order valence-corrected chi connectivity index (χ0v) is 18.5. The van der Waals surface area contributed by atoms with Crippen molar-refractivity contribution in [3.8, 4) is 0 Å². The molecule has 0 amide bonds. The molecule has 0 aliphatic heterocycles. The number of rotatable bonds is 4. The Labute approximate surface area is 175 Å². The molecule has 0 bridgehead atoms. The predicted molar refractivity (Wildman–Crippen MR) is 104 cm³/mol. The summed E-state index contributed by atoms with van der Waals surface area (Å²) in [6.45, 7) is 3.90. The van der Waals surface area contributed by atoms with Crippen LogP contribution in [0.3, 0.4) is 0 Å². The van der Waals surface area contributed by atoms with Gasteiger partial charge in [-0.15, -0.1) is 17.4 Å². The molecular weight excluding hydrogens is 525 g/mol. The summed E-state index contributed by atoms with van der Waals surface area (Å²) in [4.78, 5) is 2.26. The smallest absolute Gasteiger partial charge is 1.00 e. The van der Waals surface area contributed by atoms with E-state index in [9.17, 15) is 0 Å². The molecule has 4 heteroatoms. The maximum absolute atomic E-state index is 3.23. The van der Waals surface area contributed by atoms with Crippen LogP contribution in [0.1, 0.15) is 6.92 Å². The molecule has 0 aromatic carbocycles. The van der Waals surface area contributed by atoms with Gasteiger partial charge in [0.05, 0.1) is 12.6 Å². The summed E-state index contributed by atoms with van der Waals surface area (Å²) in [6.07, 6.45) is 27.3. The number of nitrogens with zero attached hydrogens (tertiary/aromatic N) is 1. The first-order valence-electron chi connectivity index (χ1n) is 7.76. The van der Waals surface area contributed by atoms with E-state index in [1.165, 1.54) is 16.7 Å². The van der Waals surface area contributed by atoms with Crippen molar-refractivity contribution in [2.45, 2.75) is 6.92 Å². The van der Waals surface area contributed by atoms with E-state index in [0.717, 1.165) is 13.1 Å². The van der Waals surface area contributed by atoms with Crippen LogP contribution in [-0.2, 0) is 0 Å². The van der Waals surface area contributed by atoms with Gasteiger partial charge in [-0.05, 0) is 26.1 Å². The standard InChI is InChI=1S/C15H15N.C7H7.Bi.2FH/c1-16(12-14-8-4-2-5-9-14)13-15-10-6-3-7-11-15;1-7-5-3-2-4-6-7;;;/h2-8,10H,12-13H2,1H3;3-6H,1H3;;2*1H/q;;+2;;/p-2. The van der Waals surface area contributed by atoms with Crippen LogP contribution in [0.25, 0.3) is 0 Å². The van der Waals surface area contributed by atoms with Crippen molar-refractivity contribution in [1.82, 2.24) is 4.90 Å². The normalized spacial score (nSPS) is 15.0. The average molecular weight is 547 g/mol. The number of likely N-dealkylation sites (N-methyl/N-ethyl adjacent to an activating group) is 1. The Kier molecular flexibility index (Phi) is 15.7. The van der Waals surface area contributed by atoms with E-state index in [1.54, 1.807) is 0 Å². The number of hydrogen-bond acceptors (Lipinski definition) is 1. The molecule has 0 unspecified atom stereocenters. The van der Waals surface area contributed by atoms with Crippen LogP contribution in [0.4, 0.5) is 0 Å². The third-order valence-corrected chi connectivity index (χ3v) is 3.31. The van der Waals surface area contributed by atoms with Gasteiger partial charge in [-0.25, -0.2) is 0 Å². The second-order valence-electron chi connectivity index (χ2n) is 5.53. The van der Waals surface area contributed by atoms with Crippen LogP contribution in [0.2, 0.25) is 0 Å². The quantitative estimate of drug-likeness (QED) is 0.227. The van der Waals surface area contributed by atoms with E-state index < -0.39 is 0 Å². The third-order valence-electron chi connectivity index (χ3n) is 3.31. The average Bonchev–Trinajstić information content (AvgIpc) is 2.58. The first-order chi connectivity index (χ1) is 11.2. The Morgan fingerprint density at radius 1 is 1.12 bits per heavy atom. The summed E-state index contributed by atoms with van der Waals surface area (Å²) < 4.78 is 0. The summed E-state index contributed by atoms with van der Waals surface area (Å²) in [7, 11) is 2.11. The second kappa shape index (κ2) is 15.5. The summed E-state index contributed by atoms with van der Waals surface area (Å²) in [5.41, 5.74) is 9.90. The van der Waals surface area contributed by atoms with Gasteiger partial charge < -0.3 is 9.41 Å². The van der Waals surface area contributed by atoms with Crippen molar-refractivity contribution in [3.05, 3.63) is 108 Å². The van der Waals surface area contributed by atoms with E-state index >= 15 is 0 Å². The van der Waals surface area contributed by atoms with Gasteiger partial charge in [0.1, 0.15) is 11.6 Å². The van der Waals surface area contributed by atoms with Gasteiger partial charge in [0.25, 0.3) is 0 Å². The van der Waals surface area contributed by atoms with Crippen molar-refractivity contribution < 1.29 is 9.41 Å². The van der Waals surface area contributed by atoms with Gasteiger partial charge in [0.2, 0.25) is 0 Å². The largest absolute Gasteiger partial charge is 2.00 e. The van der Waals surface area contributed by atoms with E-state index in [4.69, 9.17) is 0 Å². The van der Waals surface area contributed by atoms with Gasteiger partial charge in [0, 0.05) is 31.2 Å². The van der Waals surface area contributed by atoms with Crippen molar-refractivity contribution in [3.63, 3.8) is 0 Å². The molecule has 3 rings (SSSR count). The van der Waals surface area contributed by atoms with Crippen LogP contribution >= 0.6 is 0 Å². The molecule has 0 atom stereocenters. The summed E-state index contributed by atoms with van der Waals surface area (Å²) in [5.74, 6) is 0. The zero-order valence-electron chi connectivity index (χ0n) is 15.0. The van der Waals surface area contributed by atoms with Gasteiger partial charge >= 0.3 is 26.2 Å². The minimum absolute atomic E-state index is 0. The number of hydrogen-bond donors (Lipinski definition) is 0. The molecule has 4 radical (unpaired) electrons. The maximum Gasteiger partial charge on any atom is 2.00 e. The van der Waals surface area contributed by atoms with Gasteiger partial charge in [-0.2, -0.15) is 18.6 Å². The molecule has 0 saturated carbocycles. The summed E-state index contributed by atoms with van der Waals surface area (Å²) in [5, 5.41) is 0. The molecule has 1 nitrogen and oxygen atoms in total. The Balaban J connectivity index is 0. The van der Waals surface area contributed by atoms with Crippen LogP contribution in [0.15, 0.2) is 88.9 Å². The molecular formula is C22H22BiF2N. The van der Waals surface area contributed by atoms with Gasteiger partial charge in [-0.1, -0.05) is 11.6 Å². The first kappa shape index (κ1) is 26.5. The Morgan fingerprint density at radius 3 is 2.42 bits per heavy atom. The summed E-state index contributed by atoms with van der Waals surface area (Å²) >= 11 is 0. The molecule has 3 aliphatic carbocycles. The van der Waals surface area contributed by atoms with Crippen LogP contribution in [-0.4, -0.2) is 51.2 Å². The fourth-order valence-corrected chi connectivity index (χ4v) is 2.17. The first-order valence-corrected chi connectivity index (χ1v) is 7.76. The van der Waals surface area contributed by atoms with Crippen molar-refractivity contribution >= 4 is 26.2 Å². The van der Waals surface area contributed by atoms with E-state index in [1.807, 2.05) is 61.4 Å². The van der Waals surface area contributed by atoms with E-state index in [0.29, 0.717) is 0 Å². The maximum atomic E-state index is 3.23. The molecule has 0 N–H and O–H groups in total. The minimum Gasteiger partial charge on any atom is -1.00 e. The second-order valence-corrected chi connectivity index (χ2v) is 5.53. The van der Waals surface area contributed by atoms with Crippen molar-refractivity contribution in [1.29, 1.82) is 0 Å². The molecule has 134 valence electrons. The Morgan fingerprint density at radius 2 is 1.92 bits per heavy atom. The molecule has 0 spiro atoms. The van der Waals surface area contributed by atoms with Gasteiger partial charge in [-0.3, -0.25) is 10.6 Å². The Hall–Kier alpha value is -1.78. The van der Waals surface area contributed by atoms with Crippen molar-refractivity contribution in [2.75, 3.05) is 20.1 Å². The monoisotopic (exact) mass is 547 g/mol. The minimum atomic E-state index is 0. The topological polar surface area (TPSA) is 3.24 Å². The number of halogens is 2. The molecule has 26 heavy (non-hydrogen) atoms. The molecule has 0 aromatic heterocycles. The van der Waals surface area contributed by atoms with E-state index in [-0.39, 0.29) is 35.6 Å². The fraction of sp³-hybridized carbons (Fsp3) is 0.182. The molecule has 0 aromatic rings. The summed E-state index contributed by atoms with van der Waals surface area (Å²) in [6, 6.07) is 0.